The third kappa shape index (κ3) is 3.49. The van der Waals surface area contributed by atoms with Crippen LogP contribution in [0.5, 0.6) is 0 Å². The van der Waals surface area contributed by atoms with Crippen LogP contribution in [0.1, 0.15) is 51.3 Å². The molecular formula is C14H21N5O2S. The van der Waals surface area contributed by atoms with Crippen molar-refractivity contribution in [2.24, 2.45) is 0 Å². The van der Waals surface area contributed by atoms with E-state index >= 15 is 0 Å². The first kappa shape index (κ1) is 15.5. The molecule has 0 unspecified atom stereocenters. The van der Waals surface area contributed by atoms with E-state index in [4.69, 9.17) is 9.15 Å². The number of hydrogen-bond acceptors (Lipinski definition) is 7. The van der Waals surface area contributed by atoms with Crippen LogP contribution in [0, 0.1) is 0 Å². The Balaban J connectivity index is 1.64. The molecule has 1 fully saturated rings. The molecule has 0 aromatic carbocycles. The molecule has 2 aromatic heterocycles. The van der Waals surface area contributed by atoms with Gasteiger partial charge < -0.3 is 9.15 Å². The quantitative estimate of drug-likeness (QED) is 0.800. The van der Waals surface area contributed by atoms with E-state index in [0.717, 1.165) is 37.0 Å². The highest BCUT2D eigenvalue weighted by Crippen LogP contribution is 2.28. The summed E-state index contributed by atoms with van der Waals surface area (Å²) in [4.78, 5) is 4.34. The Labute approximate surface area is 133 Å². The summed E-state index contributed by atoms with van der Waals surface area (Å²) in [6, 6.07) is 0.320. The lowest BCUT2D eigenvalue weighted by atomic mass is 9.94. The van der Waals surface area contributed by atoms with Crippen LogP contribution < -0.4 is 0 Å². The van der Waals surface area contributed by atoms with Crippen LogP contribution in [0.4, 0.5) is 0 Å². The van der Waals surface area contributed by atoms with Crippen LogP contribution >= 0.6 is 11.8 Å². The third-order valence-corrected chi connectivity index (χ3v) is 4.54. The molecule has 7 nitrogen and oxygen atoms in total. The Kier molecular flexibility index (Phi) is 4.49. The van der Waals surface area contributed by atoms with E-state index in [1.54, 1.807) is 18.0 Å². The van der Waals surface area contributed by atoms with E-state index in [-0.39, 0.29) is 5.41 Å². The maximum atomic E-state index is 5.80. The molecule has 1 saturated heterocycles. The van der Waals surface area contributed by atoms with Crippen LogP contribution in [0.2, 0.25) is 0 Å². The molecule has 1 aliphatic heterocycles. The summed E-state index contributed by atoms with van der Waals surface area (Å²) in [7, 11) is 0. The Morgan fingerprint density at radius 3 is 2.77 bits per heavy atom. The minimum Gasteiger partial charge on any atom is -0.444 e. The van der Waals surface area contributed by atoms with Crippen LogP contribution in [0.25, 0.3) is 0 Å². The minimum atomic E-state index is -0.0282. The molecule has 2 aromatic rings. The van der Waals surface area contributed by atoms with Gasteiger partial charge in [0.1, 0.15) is 5.76 Å². The Hall–Kier alpha value is -1.41. The highest BCUT2D eigenvalue weighted by atomic mass is 32.2. The number of thioether (sulfide) groups is 1. The van der Waals surface area contributed by atoms with E-state index < -0.39 is 0 Å². The molecule has 0 bridgehead atoms. The molecule has 0 saturated carbocycles. The van der Waals surface area contributed by atoms with E-state index in [9.17, 15) is 0 Å². The highest BCUT2D eigenvalue weighted by Gasteiger charge is 2.22. The van der Waals surface area contributed by atoms with Crippen LogP contribution in [-0.4, -0.2) is 38.4 Å². The molecule has 0 aliphatic carbocycles. The van der Waals surface area contributed by atoms with Crippen LogP contribution in [0.15, 0.2) is 15.8 Å². The van der Waals surface area contributed by atoms with Gasteiger partial charge in [-0.3, -0.25) is 0 Å². The zero-order valence-corrected chi connectivity index (χ0v) is 14.0. The number of tetrazole rings is 1. The van der Waals surface area contributed by atoms with Gasteiger partial charge in [0.25, 0.3) is 0 Å². The Morgan fingerprint density at radius 1 is 1.32 bits per heavy atom. The number of ether oxygens (including phenoxy) is 1. The maximum Gasteiger partial charge on any atom is 0.210 e. The maximum absolute atomic E-state index is 5.80. The molecule has 1 aliphatic rings. The number of rotatable bonds is 4. The fourth-order valence-corrected chi connectivity index (χ4v) is 3.09. The van der Waals surface area contributed by atoms with Gasteiger partial charge in [-0.25, -0.2) is 9.67 Å². The molecular weight excluding hydrogens is 302 g/mol. The Morgan fingerprint density at radius 2 is 2.09 bits per heavy atom. The molecule has 3 heterocycles. The third-order valence-electron chi connectivity index (χ3n) is 3.62. The first-order valence-electron chi connectivity index (χ1n) is 7.47. The van der Waals surface area contributed by atoms with Gasteiger partial charge in [0.2, 0.25) is 11.0 Å². The van der Waals surface area contributed by atoms with Gasteiger partial charge in [-0.1, -0.05) is 32.5 Å². The number of oxazole rings is 1. The van der Waals surface area contributed by atoms with Gasteiger partial charge in [-0.15, -0.1) is 5.10 Å². The van der Waals surface area contributed by atoms with Gasteiger partial charge in [-0.05, 0) is 23.3 Å². The van der Waals surface area contributed by atoms with Crippen molar-refractivity contribution in [3.05, 3.63) is 17.8 Å². The van der Waals surface area contributed by atoms with Crippen molar-refractivity contribution in [1.82, 2.24) is 25.2 Å². The fourth-order valence-electron chi connectivity index (χ4n) is 2.29. The number of hydrogen-bond donors (Lipinski definition) is 0. The molecule has 22 heavy (non-hydrogen) atoms. The van der Waals surface area contributed by atoms with Crippen molar-refractivity contribution in [2.45, 2.75) is 56.0 Å². The summed E-state index contributed by atoms with van der Waals surface area (Å²) >= 11 is 1.55. The lowest BCUT2D eigenvalue weighted by molar-refractivity contribution is 0.0631. The lowest BCUT2D eigenvalue weighted by Gasteiger charge is -2.22. The largest absolute Gasteiger partial charge is 0.444 e. The van der Waals surface area contributed by atoms with E-state index in [0.29, 0.717) is 17.7 Å². The standard InChI is InChI=1S/C14H21N5O2S/c1-14(2,3)11-8-15-12(21-11)9-22-13-16-17-18-19(13)10-4-6-20-7-5-10/h8,10H,4-7,9H2,1-3H3. The van der Waals surface area contributed by atoms with Crippen molar-refractivity contribution >= 4 is 11.8 Å². The fraction of sp³-hybridized carbons (Fsp3) is 0.714. The second kappa shape index (κ2) is 6.37. The monoisotopic (exact) mass is 323 g/mol. The smallest absolute Gasteiger partial charge is 0.210 e. The van der Waals surface area contributed by atoms with Gasteiger partial charge >= 0.3 is 0 Å². The van der Waals surface area contributed by atoms with E-state index in [1.165, 1.54) is 0 Å². The SMILES string of the molecule is CC(C)(C)c1cnc(CSc2nnnn2C2CCOCC2)o1. The molecule has 3 rings (SSSR count). The van der Waals surface area contributed by atoms with Crippen molar-refractivity contribution in [3.63, 3.8) is 0 Å². The minimum absolute atomic E-state index is 0.0282. The van der Waals surface area contributed by atoms with Crippen molar-refractivity contribution in [3.8, 4) is 0 Å². The van der Waals surface area contributed by atoms with E-state index in [1.807, 2.05) is 4.68 Å². The summed E-state index contributed by atoms with van der Waals surface area (Å²) in [5.41, 5.74) is -0.0282. The van der Waals surface area contributed by atoms with Crippen LogP contribution in [0.3, 0.4) is 0 Å². The predicted molar refractivity (Wildman–Crippen MR) is 81.7 cm³/mol. The van der Waals surface area contributed by atoms with Crippen molar-refractivity contribution < 1.29 is 9.15 Å². The molecule has 0 N–H and O–H groups in total. The molecule has 120 valence electrons. The van der Waals surface area contributed by atoms with Gasteiger partial charge in [0, 0.05) is 18.6 Å². The zero-order chi connectivity index (χ0) is 15.6. The van der Waals surface area contributed by atoms with E-state index in [2.05, 4.69) is 41.3 Å². The average Bonchev–Trinajstić information content (AvgIpc) is 3.14. The van der Waals surface area contributed by atoms with Gasteiger partial charge in [0.15, 0.2) is 0 Å². The number of nitrogens with zero attached hydrogens (tertiary/aromatic N) is 5. The summed E-state index contributed by atoms with van der Waals surface area (Å²) in [6.45, 7) is 7.86. The Bertz CT molecular complexity index is 613. The summed E-state index contributed by atoms with van der Waals surface area (Å²) in [6.07, 6.45) is 3.70. The highest BCUT2D eigenvalue weighted by molar-refractivity contribution is 7.98. The second-order valence-electron chi connectivity index (χ2n) is 6.41. The first-order chi connectivity index (χ1) is 10.5. The van der Waals surface area contributed by atoms with Crippen molar-refractivity contribution in [1.29, 1.82) is 0 Å². The second-order valence-corrected chi connectivity index (χ2v) is 7.35. The van der Waals surface area contributed by atoms with Gasteiger partial charge in [-0.2, -0.15) is 0 Å². The van der Waals surface area contributed by atoms with Gasteiger partial charge in [0.05, 0.1) is 18.0 Å². The summed E-state index contributed by atoms with van der Waals surface area (Å²) in [5.74, 6) is 2.23. The topological polar surface area (TPSA) is 78.9 Å². The predicted octanol–water partition coefficient (Wildman–Crippen LogP) is 2.60. The van der Waals surface area contributed by atoms with Crippen molar-refractivity contribution in [2.75, 3.05) is 13.2 Å². The lowest BCUT2D eigenvalue weighted by Crippen LogP contribution is -2.21. The molecule has 0 atom stereocenters. The molecule has 0 amide bonds. The average molecular weight is 323 g/mol. The number of aromatic nitrogens is 5. The first-order valence-corrected chi connectivity index (χ1v) is 8.46. The van der Waals surface area contributed by atoms with Crippen LogP contribution in [-0.2, 0) is 15.9 Å². The molecule has 0 spiro atoms. The zero-order valence-electron chi connectivity index (χ0n) is 13.2. The summed E-state index contributed by atoms with van der Waals surface area (Å²) < 4.78 is 13.1. The molecule has 8 heteroatoms. The normalized spacial score (nSPS) is 17.0. The summed E-state index contributed by atoms with van der Waals surface area (Å²) in [5, 5.41) is 12.9. The molecule has 0 radical (unpaired) electrons.